The van der Waals surface area contributed by atoms with Crippen LogP contribution in [-0.4, -0.2) is 96.0 Å². The van der Waals surface area contributed by atoms with Gasteiger partial charge >= 0.3 is 0 Å². The molecule has 2 aromatic rings. The minimum Gasteiger partial charge on any atom is -0.354 e. The normalized spacial score (nSPS) is 17.3. The van der Waals surface area contributed by atoms with E-state index in [-0.39, 0.29) is 5.91 Å². The van der Waals surface area contributed by atoms with Gasteiger partial charge in [-0.15, -0.1) is 0 Å². The van der Waals surface area contributed by atoms with E-state index >= 15 is 0 Å². The van der Waals surface area contributed by atoms with Crippen LogP contribution in [0.2, 0.25) is 5.02 Å². The van der Waals surface area contributed by atoms with Gasteiger partial charge < -0.3 is 9.80 Å². The maximum Gasteiger partial charge on any atom is 0.236 e. The molecule has 1 amide bonds. The van der Waals surface area contributed by atoms with Gasteiger partial charge in [0, 0.05) is 62.4 Å². The Bertz CT molecular complexity index is 894. The van der Waals surface area contributed by atoms with Crippen molar-refractivity contribution in [3.63, 3.8) is 0 Å². The lowest BCUT2D eigenvalue weighted by atomic mass is 9.91. The van der Waals surface area contributed by atoms with Crippen LogP contribution in [0.4, 0.5) is 5.82 Å². The molecule has 1 aromatic carbocycles. The van der Waals surface area contributed by atoms with E-state index in [4.69, 9.17) is 11.6 Å². The summed E-state index contributed by atoms with van der Waals surface area (Å²) >= 11 is 5.97. The molecule has 7 nitrogen and oxygen atoms in total. The van der Waals surface area contributed by atoms with E-state index in [0.717, 1.165) is 68.9 Å². The summed E-state index contributed by atoms with van der Waals surface area (Å²) in [5.41, 5.74) is 1.82. The monoisotopic (exact) mass is 470 g/mol. The maximum atomic E-state index is 12.8. The lowest BCUT2D eigenvalue weighted by molar-refractivity contribution is -0.134. The summed E-state index contributed by atoms with van der Waals surface area (Å²) in [5, 5.41) is 0.707. The predicted octanol–water partition coefficient (Wildman–Crippen LogP) is 3.25. The molecule has 178 valence electrons. The van der Waals surface area contributed by atoms with Gasteiger partial charge in [0.15, 0.2) is 0 Å². The molecule has 2 aliphatic rings. The Labute approximate surface area is 202 Å². The quantitative estimate of drug-likeness (QED) is 0.560. The molecule has 0 bridgehead atoms. The van der Waals surface area contributed by atoms with Gasteiger partial charge in [-0.25, -0.2) is 4.98 Å². The summed E-state index contributed by atoms with van der Waals surface area (Å²) in [5.74, 6) is 1.09. The predicted molar refractivity (Wildman–Crippen MR) is 134 cm³/mol. The van der Waals surface area contributed by atoms with Gasteiger partial charge in [0.1, 0.15) is 5.82 Å². The third kappa shape index (κ3) is 6.22. The second-order valence-corrected chi connectivity index (χ2v) is 9.52. The number of nitrogens with zero attached hydrogens (tertiary/aromatic N) is 6. The molecule has 2 fully saturated rings. The molecule has 0 radical (unpaired) electrons. The van der Waals surface area contributed by atoms with E-state index < -0.39 is 0 Å². The van der Waals surface area contributed by atoms with Gasteiger partial charge in [-0.1, -0.05) is 30.2 Å². The van der Waals surface area contributed by atoms with Crippen LogP contribution in [0.1, 0.15) is 26.2 Å². The van der Waals surface area contributed by atoms with E-state index in [0.29, 0.717) is 11.6 Å². The van der Waals surface area contributed by atoms with Crippen LogP contribution < -0.4 is 4.90 Å². The number of rotatable bonds is 9. The smallest absolute Gasteiger partial charge is 0.236 e. The highest BCUT2D eigenvalue weighted by atomic mass is 35.5. The minimum atomic E-state index is 0.237. The van der Waals surface area contributed by atoms with Gasteiger partial charge in [-0.05, 0) is 38.9 Å². The van der Waals surface area contributed by atoms with Gasteiger partial charge in [0.05, 0.1) is 24.6 Å². The highest BCUT2D eigenvalue weighted by Crippen LogP contribution is 2.25. The molecule has 0 N–H and O–H groups in total. The van der Waals surface area contributed by atoms with Crippen molar-refractivity contribution in [2.75, 3.05) is 64.3 Å². The van der Waals surface area contributed by atoms with E-state index in [1.54, 1.807) is 6.20 Å². The van der Waals surface area contributed by atoms with Gasteiger partial charge in [0.25, 0.3) is 0 Å². The first-order valence-corrected chi connectivity index (χ1v) is 12.4. The number of hydrogen-bond donors (Lipinski definition) is 0. The summed E-state index contributed by atoms with van der Waals surface area (Å²) in [4.78, 5) is 30.9. The number of carbonyl (C=O) groups is 1. The molecule has 1 saturated heterocycles. The van der Waals surface area contributed by atoms with Crippen LogP contribution in [0.5, 0.6) is 0 Å². The molecule has 1 aliphatic heterocycles. The number of carbonyl (C=O) groups excluding carboxylic acids is 1. The highest BCUT2D eigenvalue weighted by Gasteiger charge is 2.29. The molecule has 0 atom stereocenters. The molecular formula is C25H35ClN6O. The topological polar surface area (TPSA) is 55.8 Å². The first-order valence-electron chi connectivity index (χ1n) is 12.1. The van der Waals surface area contributed by atoms with Crippen molar-refractivity contribution in [1.29, 1.82) is 0 Å². The number of amides is 1. The van der Waals surface area contributed by atoms with Gasteiger partial charge in [0.2, 0.25) is 5.91 Å². The summed E-state index contributed by atoms with van der Waals surface area (Å²) in [6.45, 7) is 8.76. The largest absolute Gasteiger partial charge is 0.354 e. The number of halogens is 1. The van der Waals surface area contributed by atoms with E-state index in [1.165, 1.54) is 19.3 Å². The fraction of sp³-hybridized carbons (Fsp3) is 0.560. The minimum absolute atomic E-state index is 0.237. The Morgan fingerprint density at radius 1 is 1.06 bits per heavy atom. The molecule has 0 spiro atoms. The average molecular weight is 471 g/mol. The molecule has 4 rings (SSSR count). The molecule has 1 aromatic heterocycles. The van der Waals surface area contributed by atoms with Crippen molar-refractivity contribution in [2.45, 2.75) is 32.2 Å². The average Bonchev–Trinajstić information content (AvgIpc) is 2.80. The van der Waals surface area contributed by atoms with Crippen molar-refractivity contribution in [3.8, 4) is 11.3 Å². The number of hydrogen-bond acceptors (Lipinski definition) is 6. The van der Waals surface area contributed by atoms with Crippen molar-refractivity contribution >= 4 is 23.3 Å². The summed E-state index contributed by atoms with van der Waals surface area (Å²) < 4.78 is 0. The Morgan fingerprint density at radius 2 is 1.79 bits per heavy atom. The summed E-state index contributed by atoms with van der Waals surface area (Å²) in [6.07, 6.45) is 7.65. The fourth-order valence-electron chi connectivity index (χ4n) is 4.48. The summed E-state index contributed by atoms with van der Waals surface area (Å²) in [7, 11) is 2.02. The van der Waals surface area contributed by atoms with E-state index in [2.05, 4.69) is 31.6 Å². The van der Waals surface area contributed by atoms with E-state index in [9.17, 15) is 4.79 Å². The van der Waals surface area contributed by atoms with Crippen LogP contribution in [0.15, 0.2) is 36.7 Å². The van der Waals surface area contributed by atoms with Crippen molar-refractivity contribution in [3.05, 3.63) is 41.7 Å². The SMILES string of the molecule is CCN(CCN(C)CC(=O)N1CCN(C2CCC2)CC1)c1cnc(-c2ccc(Cl)cc2)cn1. The zero-order valence-electron chi connectivity index (χ0n) is 19.8. The number of piperazine rings is 1. The zero-order chi connectivity index (χ0) is 23.2. The van der Waals surface area contributed by atoms with Crippen LogP contribution in [0.25, 0.3) is 11.3 Å². The molecule has 1 saturated carbocycles. The second kappa shape index (κ2) is 11.3. The Balaban J connectivity index is 1.23. The third-order valence-corrected chi connectivity index (χ3v) is 7.15. The zero-order valence-corrected chi connectivity index (χ0v) is 20.5. The summed E-state index contributed by atoms with van der Waals surface area (Å²) in [6, 6.07) is 8.38. The number of benzene rings is 1. The lowest BCUT2D eigenvalue weighted by Gasteiger charge is -2.43. The Hall–Kier alpha value is -2.22. The lowest BCUT2D eigenvalue weighted by Crippen LogP contribution is -2.55. The number of aromatic nitrogens is 2. The number of likely N-dealkylation sites (N-methyl/N-ethyl adjacent to an activating group) is 2. The maximum absolute atomic E-state index is 12.8. The van der Waals surface area contributed by atoms with Crippen molar-refractivity contribution in [1.82, 2.24) is 24.7 Å². The van der Waals surface area contributed by atoms with Crippen LogP contribution in [-0.2, 0) is 4.79 Å². The molecule has 8 heteroatoms. The van der Waals surface area contributed by atoms with Crippen LogP contribution in [0, 0.1) is 0 Å². The molecular weight excluding hydrogens is 436 g/mol. The molecule has 2 heterocycles. The van der Waals surface area contributed by atoms with Crippen molar-refractivity contribution < 1.29 is 4.79 Å². The van der Waals surface area contributed by atoms with Gasteiger partial charge in [-0.2, -0.15) is 0 Å². The van der Waals surface area contributed by atoms with Crippen molar-refractivity contribution in [2.24, 2.45) is 0 Å². The molecule has 1 aliphatic carbocycles. The first-order chi connectivity index (χ1) is 16.0. The number of anilines is 1. The molecule has 0 unspecified atom stereocenters. The third-order valence-electron chi connectivity index (χ3n) is 6.90. The molecule has 33 heavy (non-hydrogen) atoms. The van der Waals surface area contributed by atoms with E-state index in [1.807, 2.05) is 42.4 Å². The fourth-order valence-corrected chi connectivity index (χ4v) is 4.60. The Kier molecular flexibility index (Phi) is 8.17. The Morgan fingerprint density at radius 3 is 2.36 bits per heavy atom. The highest BCUT2D eigenvalue weighted by molar-refractivity contribution is 6.30. The van der Waals surface area contributed by atoms with Gasteiger partial charge in [-0.3, -0.25) is 19.6 Å². The standard InChI is InChI=1S/C25H35ClN6O/c1-3-30(24-18-27-23(17-28-24)20-7-9-21(26)10-8-20)12-11-29(2)19-25(33)32-15-13-31(14-16-32)22-5-4-6-22/h7-10,17-18,22H,3-6,11-16,19H2,1-2H3. The van der Waals surface area contributed by atoms with Crippen LogP contribution in [0.3, 0.4) is 0 Å². The van der Waals surface area contributed by atoms with Crippen LogP contribution >= 0.6 is 11.6 Å². The second-order valence-electron chi connectivity index (χ2n) is 9.09. The first kappa shape index (κ1) is 23.9.